The molecule has 0 aliphatic rings. The average molecular weight is 288 g/mol. The molecule has 0 saturated carbocycles. The average Bonchev–Trinajstić information content (AvgIpc) is 2.79. The van der Waals surface area contributed by atoms with Gasteiger partial charge in [0.25, 0.3) is 0 Å². The number of amides is 1. The van der Waals surface area contributed by atoms with Crippen molar-refractivity contribution in [2.24, 2.45) is 0 Å². The van der Waals surface area contributed by atoms with Crippen molar-refractivity contribution in [3.05, 3.63) is 35.2 Å². The first-order valence-electron chi connectivity index (χ1n) is 6.86. The fourth-order valence-corrected chi connectivity index (χ4v) is 2.14. The number of aryl methyl sites for hydroxylation is 3. The molecule has 2 rings (SSSR count). The van der Waals surface area contributed by atoms with Gasteiger partial charge in [-0.1, -0.05) is 25.1 Å². The fourth-order valence-electron chi connectivity index (χ4n) is 2.14. The van der Waals surface area contributed by atoms with Gasteiger partial charge in [-0.15, -0.1) is 10.2 Å². The molecule has 2 aromatic rings. The summed E-state index contributed by atoms with van der Waals surface area (Å²) in [5, 5.41) is 10.4. The molecule has 0 aliphatic carbocycles. The number of carbonyl (C=O) groups excluding carboxylic acids is 1. The van der Waals surface area contributed by atoms with Crippen LogP contribution in [0.4, 0.5) is 11.6 Å². The minimum atomic E-state index is -0.0828. The van der Waals surface area contributed by atoms with E-state index >= 15 is 0 Å². The van der Waals surface area contributed by atoms with Crippen molar-refractivity contribution >= 4 is 17.5 Å². The third-order valence-corrected chi connectivity index (χ3v) is 3.37. The number of nitrogen functional groups attached to an aromatic ring is 2. The molecule has 0 bridgehead atoms. The van der Waals surface area contributed by atoms with E-state index in [1.165, 1.54) is 4.68 Å². The highest BCUT2D eigenvalue weighted by molar-refractivity contribution is 5.92. The third kappa shape index (κ3) is 3.31. The van der Waals surface area contributed by atoms with Crippen molar-refractivity contribution in [1.29, 1.82) is 0 Å². The van der Waals surface area contributed by atoms with Crippen LogP contribution < -0.4 is 16.9 Å². The van der Waals surface area contributed by atoms with Gasteiger partial charge in [0.1, 0.15) is 0 Å². The highest BCUT2D eigenvalue weighted by Crippen LogP contribution is 2.21. The number of para-hydroxylation sites is 1. The molecule has 0 unspecified atom stereocenters. The normalized spacial score (nSPS) is 10.6. The Morgan fingerprint density at radius 2 is 2.14 bits per heavy atom. The number of hydrogen-bond donors (Lipinski definition) is 3. The molecule has 7 heteroatoms. The van der Waals surface area contributed by atoms with Gasteiger partial charge in [0.2, 0.25) is 11.9 Å². The highest BCUT2D eigenvalue weighted by Gasteiger charge is 2.12. The summed E-state index contributed by atoms with van der Waals surface area (Å²) in [4.78, 5) is 12.1. The van der Waals surface area contributed by atoms with Crippen molar-refractivity contribution in [2.75, 3.05) is 16.9 Å². The van der Waals surface area contributed by atoms with Crippen LogP contribution in [-0.4, -0.2) is 20.8 Å². The van der Waals surface area contributed by atoms with E-state index in [4.69, 9.17) is 11.6 Å². The Bertz CT molecular complexity index is 649. The van der Waals surface area contributed by atoms with Crippen LogP contribution in [0.3, 0.4) is 0 Å². The lowest BCUT2D eigenvalue weighted by Gasteiger charge is -2.12. The first kappa shape index (κ1) is 14.8. The lowest BCUT2D eigenvalue weighted by atomic mass is 10.1. The van der Waals surface area contributed by atoms with Gasteiger partial charge in [0.05, 0.1) is 0 Å². The minimum absolute atomic E-state index is 0.0828. The molecule has 0 atom stereocenters. The minimum Gasteiger partial charge on any atom is -0.366 e. The van der Waals surface area contributed by atoms with E-state index in [2.05, 4.69) is 22.4 Å². The van der Waals surface area contributed by atoms with E-state index < -0.39 is 0 Å². The second-order valence-corrected chi connectivity index (χ2v) is 4.86. The summed E-state index contributed by atoms with van der Waals surface area (Å²) < 4.78 is 1.19. The summed E-state index contributed by atoms with van der Waals surface area (Å²) in [7, 11) is 0. The molecule has 112 valence electrons. The highest BCUT2D eigenvalue weighted by atomic mass is 16.1. The maximum Gasteiger partial charge on any atom is 0.240 e. The Kier molecular flexibility index (Phi) is 4.42. The van der Waals surface area contributed by atoms with Gasteiger partial charge < -0.3 is 16.9 Å². The summed E-state index contributed by atoms with van der Waals surface area (Å²) in [6.45, 7) is 4.04. The van der Waals surface area contributed by atoms with Crippen molar-refractivity contribution in [3.63, 3.8) is 0 Å². The molecule has 0 radical (unpaired) electrons. The number of carbonyl (C=O) groups is 1. The Morgan fingerprint density at radius 3 is 2.76 bits per heavy atom. The molecule has 1 aromatic heterocycles. The van der Waals surface area contributed by atoms with Crippen LogP contribution in [0.25, 0.3) is 0 Å². The smallest absolute Gasteiger partial charge is 0.240 e. The molecule has 0 fully saturated rings. The molecule has 7 nitrogen and oxygen atoms in total. The summed E-state index contributed by atoms with van der Waals surface area (Å²) in [5.41, 5.74) is 8.55. The van der Waals surface area contributed by atoms with Crippen LogP contribution in [0, 0.1) is 6.92 Å². The maximum atomic E-state index is 12.1. The molecule has 1 heterocycles. The summed E-state index contributed by atoms with van der Waals surface area (Å²) >= 11 is 0. The quantitative estimate of drug-likeness (QED) is 0.711. The van der Waals surface area contributed by atoms with Crippen LogP contribution in [0.1, 0.15) is 30.3 Å². The Labute approximate surface area is 123 Å². The Balaban J connectivity index is 2.01. The lowest BCUT2D eigenvalue weighted by molar-refractivity contribution is -0.116. The SMILES string of the molecule is CCc1cccc(C)c1NC(=O)CCc1nnc(N)n1N. The number of rotatable bonds is 5. The monoisotopic (exact) mass is 288 g/mol. The number of nitrogens with zero attached hydrogens (tertiary/aromatic N) is 3. The summed E-state index contributed by atoms with van der Waals surface area (Å²) in [6, 6.07) is 5.98. The zero-order valence-electron chi connectivity index (χ0n) is 12.3. The number of hydrogen-bond acceptors (Lipinski definition) is 5. The zero-order chi connectivity index (χ0) is 15.4. The predicted octanol–water partition coefficient (Wildman–Crippen LogP) is 1.02. The Morgan fingerprint density at radius 1 is 1.38 bits per heavy atom. The van der Waals surface area contributed by atoms with Gasteiger partial charge in [0.15, 0.2) is 5.82 Å². The first-order chi connectivity index (χ1) is 10.0. The van der Waals surface area contributed by atoms with Gasteiger partial charge in [-0.3, -0.25) is 4.79 Å². The summed E-state index contributed by atoms with van der Waals surface area (Å²) in [5.74, 6) is 6.19. The topological polar surface area (TPSA) is 112 Å². The number of nitrogens with one attached hydrogen (secondary N) is 1. The van der Waals surface area contributed by atoms with E-state index in [1.807, 2.05) is 25.1 Å². The van der Waals surface area contributed by atoms with Crippen LogP contribution in [0.15, 0.2) is 18.2 Å². The van der Waals surface area contributed by atoms with Crippen LogP contribution in [-0.2, 0) is 17.6 Å². The first-order valence-corrected chi connectivity index (χ1v) is 6.86. The third-order valence-electron chi connectivity index (χ3n) is 3.37. The van der Waals surface area contributed by atoms with Gasteiger partial charge in [-0.2, -0.15) is 0 Å². The van der Waals surface area contributed by atoms with E-state index in [0.29, 0.717) is 12.2 Å². The van der Waals surface area contributed by atoms with E-state index in [-0.39, 0.29) is 18.3 Å². The van der Waals surface area contributed by atoms with E-state index in [0.717, 1.165) is 23.2 Å². The Hall–Kier alpha value is -2.57. The number of anilines is 2. The van der Waals surface area contributed by atoms with Gasteiger partial charge in [0, 0.05) is 18.5 Å². The molecule has 0 aliphatic heterocycles. The molecule has 5 N–H and O–H groups in total. The number of benzene rings is 1. The summed E-state index contributed by atoms with van der Waals surface area (Å²) in [6.07, 6.45) is 1.53. The molecular formula is C14H20N6O. The van der Waals surface area contributed by atoms with E-state index in [9.17, 15) is 4.79 Å². The van der Waals surface area contributed by atoms with E-state index in [1.54, 1.807) is 0 Å². The zero-order valence-corrected chi connectivity index (χ0v) is 12.3. The molecule has 1 amide bonds. The van der Waals surface area contributed by atoms with Crippen LogP contribution in [0.5, 0.6) is 0 Å². The number of aromatic nitrogens is 3. The largest absolute Gasteiger partial charge is 0.366 e. The molecule has 0 saturated heterocycles. The van der Waals surface area contributed by atoms with Crippen molar-refractivity contribution < 1.29 is 4.79 Å². The number of nitrogens with two attached hydrogens (primary N) is 2. The molecule has 1 aromatic carbocycles. The van der Waals surface area contributed by atoms with Crippen molar-refractivity contribution in [2.45, 2.75) is 33.1 Å². The van der Waals surface area contributed by atoms with Gasteiger partial charge in [-0.25, -0.2) is 4.68 Å². The van der Waals surface area contributed by atoms with Crippen molar-refractivity contribution in [3.8, 4) is 0 Å². The molecular weight excluding hydrogens is 268 g/mol. The standard InChI is InChI=1S/C14H20N6O/c1-3-10-6-4-5-9(2)13(10)17-12(21)8-7-11-18-19-14(15)20(11)16/h4-6H,3,7-8,16H2,1-2H3,(H2,15,19)(H,17,21). The van der Waals surface area contributed by atoms with Gasteiger partial charge >= 0.3 is 0 Å². The fraction of sp³-hybridized carbons (Fsp3) is 0.357. The van der Waals surface area contributed by atoms with Crippen molar-refractivity contribution in [1.82, 2.24) is 14.9 Å². The molecule has 0 spiro atoms. The lowest BCUT2D eigenvalue weighted by Crippen LogP contribution is -2.19. The van der Waals surface area contributed by atoms with Crippen LogP contribution >= 0.6 is 0 Å². The second-order valence-electron chi connectivity index (χ2n) is 4.86. The maximum absolute atomic E-state index is 12.1. The van der Waals surface area contributed by atoms with Gasteiger partial charge in [-0.05, 0) is 24.5 Å². The second kappa shape index (κ2) is 6.25. The predicted molar refractivity (Wildman–Crippen MR) is 82.1 cm³/mol. The molecule has 21 heavy (non-hydrogen) atoms. The van der Waals surface area contributed by atoms with Crippen LogP contribution in [0.2, 0.25) is 0 Å².